The lowest BCUT2D eigenvalue weighted by atomic mass is 9.92. The van der Waals surface area contributed by atoms with Crippen LogP contribution in [0.5, 0.6) is 0 Å². The maximum Gasteiger partial charge on any atom is 0.178 e. The molecule has 2 heteroatoms. The van der Waals surface area contributed by atoms with Crippen molar-refractivity contribution in [3.63, 3.8) is 0 Å². The standard InChI is InChI=1S/C6H11NO/c1-6(2,3)5(8)4-7/h4,7H,1-3H3. The van der Waals surface area contributed by atoms with Gasteiger partial charge in [0.2, 0.25) is 0 Å². The third-order valence-electron chi connectivity index (χ3n) is 0.870. The lowest BCUT2D eigenvalue weighted by Crippen LogP contribution is -2.20. The van der Waals surface area contributed by atoms with Gasteiger partial charge in [0.25, 0.3) is 0 Å². The molecule has 1 N–H and O–H groups in total. The third kappa shape index (κ3) is 1.87. The number of hydrogen-bond donors (Lipinski definition) is 1. The van der Waals surface area contributed by atoms with Crippen LogP contribution in [-0.4, -0.2) is 12.0 Å². The summed E-state index contributed by atoms with van der Waals surface area (Å²) in [6, 6.07) is 0. The van der Waals surface area contributed by atoms with Crippen molar-refractivity contribution in [2.45, 2.75) is 20.8 Å². The van der Waals surface area contributed by atoms with E-state index < -0.39 is 0 Å². The number of rotatable bonds is 1. The third-order valence-corrected chi connectivity index (χ3v) is 0.870. The van der Waals surface area contributed by atoms with Crippen molar-refractivity contribution in [1.82, 2.24) is 0 Å². The number of Topliss-reactive ketones (excluding diaryl/α,β-unsaturated/α-hetero) is 1. The van der Waals surface area contributed by atoms with Crippen LogP contribution in [0.15, 0.2) is 0 Å². The quantitative estimate of drug-likeness (QED) is 0.511. The van der Waals surface area contributed by atoms with Gasteiger partial charge in [0.15, 0.2) is 5.78 Å². The molecule has 0 aliphatic rings. The molecular weight excluding hydrogens is 102 g/mol. The summed E-state index contributed by atoms with van der Waals surface area (Å²) < 4.78 is 0. The van der Waals surface area contributed by atoms with Crippen molar-refractivity contribution in [1.29, 1.82) is 5.41 Å². The first-order valence-electron chi connectivity index (χ1n) is 2.53. The minimum absolute atomic E-state index is 0.127. The van der Waals surface area contributed by atoms with Gasteiger partial charge in [-0.25, -0.2) is 0 Å². The fraction of sp³-hybridized carbons (Fsp3) is 0.667. The molecule has 0 radical (unpaired) electrons. The van der Waals surface area contributed by atoms with Crippen molar-refractivity contribution in [2.24, 2.45) is 5.41 Å². The van der Waals surface area contributed by atoms with Crippen LogP contribution in [0.1, 0.15) is 20.8 Å². The second-order valence-electron chi connectivity index (χ2n) is 2.76. The molecule has 8 heavy (non-hydrogen) atoms. The van der Waals surface area contributed by atoms with Gasteiger partial charge in [0.05, 0.1) is 6.21 Å². The highest BCUT2D eigenvalue weighted by molar-refractivity contribution is 6.28. The van der Waals surface area contributed by atoms with E-state index in [1.165, 1.54) is 0 Å². The van der Waals surface area contributed by atoms with Crippen LogP contribution < -0.4 is 0 Å². The highest BCUT2D eigenvalue weighted by Crippen LogP contribution is 2.11. The van der Waals surface area contributed by atoms with Crippen LogP contribution in [0.3, 0.4) is 0 Å². The second-order valence-corrected chi connectivity index (χ2v) is 2.76. The second kappa shape index (κ2) is 2.07. The zero-order chi connectivity index (χ0) is 6.78. The van der Waals surface area contributed by atoms with Gasteiger partial charge in [-0.15, -0.1) is 0 Å². The van der Waals surface area contributed by atoms with Gasteiger partial charge < -0.3 is 5.41 Å². The largest absolute Gasteiger partial charge is 0.305 e. The van der Waals surface area contributed by atoms with E-state index in [4.69, 9.17) is 5.41 Å². The maximum atomic E-state index is 10.6. The molecule has 0 heterocycles. The van der Waals surface area contributed by atoms with Crippen LogP contribution >= 0.6 is 0 Å². The van der Waals surface area contributed by atoms with Crippen molar-refractivity contribution < 1.29 is 4.79 Å². The Bertz CT molecular complexity index is 110. The first-order chi connectivity index (χ1) is 3.48. The molecule has 0 aromatic heterocycles. The topological polar surface area (TPSA) is 40.9 Å². The molecule has 0 fully saturated rings. The summed E-state index contributed by atoms with van der Waals surface area (Å²) in [5, 5.41) is 6.59. The van der Waals surface area contributed by atoms with Gasteiger partial charge in [0, 0.05) is 5.41 Å². The minimum atomic E-state index is -0.373. The van der Waals surface area contributed by atoms with Gasteiger partial charge in [-0.1, -0.05) is 20.8 Å². The molecule has 0 aliphatic heterocycles. The number of nitrogens with one attached hydrogen (secondary N) is 1. The average molecular weight is 113 g/mol. The molecule has 0 aliphatic carbocycles. The smallest absolute Gasteiger partial charge is 0.178 e. The van der Waals surface area contributed by atoms with Gasteiger partial charge in [-0.2, -0.15) is 0 Å². The van der Waals surface area contributed by atoms with Crippen LogP contribution in [0.4, 0.5) is 0 Å². The van der Waals surface area contributed by atoms with Crippen LogP contribution in [0.25, 0.3) is 0 Å². The Morgan fingerprint density at radius 2 is 1.88 bits per heavy atom. The Labute approximate surface area is 49.4 Å². The molecular formula is C6H11NO. The Balaban J connectivity index is 4.02. The molecule has 0 aromatic rings. The van der Waals surface area contributed by atoms with E-state index in [2.05, 4.69) is 0 Å². The molecule has 0 amide bonds. The Kier molecular flexibility index (Phi) is 1.90. The molecule has 0 spiro atoms. The van der Waals surface area contributed by atoms with E-state index in [9.17, 15) is 4.79 Å². The predicted octanol–water partition coefficient (Wildman–Crippen LogP) is 1.25. The van der Waals surface area contributed by atoms with Crippen LogP contribution in [0.2, 0.25) is 0 Å². The molecule has 2 nitrogen and oxygen atoms in total. The maximum absolute atomic E-state index is 10.6. The van der Waals surface area contributed by atoms with E-state index in [0.717, 1.165) is 6.21 Å². The van der Waals surface area contributed by atoms with Gasteiger partial charge in [-0.3, -0.25) is 4.79 Å². The van der Waals surface area contributed by atoms with E-state index in [1.54, 1.807) is 20.8 Å². The van der Waals surface area contributed by atoms with E-state index >= 15 is 0 Å². The lowest BCUT2D eigenvalue weighted by Gasteiger charge is -2.11. The summed E-state index contributed by atoms with van der Waals surface area (Å²) in [5.74, 6) is -0.127. The molecule has 0 unspecified atom stereocenters. The summed E-state index contributed by atoms with van der Waals surface area (Å²) in [6.07, 6.45) is 0.861. The molecule has 0 saturated heterocycles. The van der Waals surface area contributed by atoms with Gasteiger partial charge >= 0.3 is 0 Å². The van der Waals surface area contributed by atoms with E-state index in [-0.39, 0.29) is 11.2 Å². The van der Waals surface area contributed by atoms with E-state index in [1.807, 2.05) is 0 Å². The highest BCUT2D eigenvalue weighted by atomic mass is 16.1. The molecule has 0 rings (SSSR count). The van der Waals surface area contributed by atoms with Gasteiger partial charge in [0.1, 0.15) is 0 Å². The number of hydrogen-bond acceptors (Lipinski definition) is 2. The highest BCUT2D eigenvalue weighted by Gasteiger charge is 2.17. The first kappa shape index (κ1) is 7.34. The monoisotopic (exact) mass is 113 g/mol. The number of carbonyl (C=O) groups excluding carboxylic acids is 1. The van der Waals surface area contributed by atoms with Gasteiger partial charge in [-0.05, 0) is 0 Å². The Morgan fingerprint density at radius 3 is 1.88 bits per heavy atom. The Morgan fingerprint density at radius 1 is 1.50 bits per heavy atom. The molecule has 0 bridgehead atoms. The van der Waals surface area contributed by atoms with Crippen molar-refractivity contribution in [3.8, 4) is 0 Å². The molecule has 0 aromatic carbocycles. The fourth-order valence-corrected chi connectivity index (χ4v) is 0.217. The summed E-state index contributed by atoms with van der Waals surface area (Å²) >= 11 is 0. The normalized spacial score (nSPS) is 10.9. The van der Waals surface area contributed by atoms with Crippen LogP contribution in [0, 0.1) is 10.8 Å². The first-order valence-corrected chi connectivity index (χ1v) is 2.53. The van der Waals surface area contributed by atoms with Crippen molar-refractivity contribution in [2.75, 3.05) is 0 Å². The number of carbonyl (C=O) groups is 1. The SMILES string of the molecule is CC(C)(C)C(=O)C=N. The van der Waals surface area contributed by atoms with Crippen molar-refractivity contribution in [3.05, 3.63) is 0 Å². The lowest BCUT2D eigenvalue weighted by molar-refractivity contribution is -0.119. The summed E-state index contributed by atoms with van der Waals surface area (Å²) in [7, 11) is 0. The summed E-state index contributed by atoms with van der Waals surface area (Å²) in [4.78, 5) is 10.6. The summed E-state index contributed by atoms with van der Waals surface area (Å²) in [6.45, 7) is 5.38. The minimum Gasteiger partial charge on any atom is -0.305 e. The number of ketones is 1. The summed E-state index contributed by atoms with van der Waals surface area (Å²) in [5.41, 5.74) is -0.373. The zero-order valence-electron chi connectivity index (χ0n) is 5.49. The average Bonchev–Trinajstić information content (AvgIpc) is 1.62. The fourth-order valence-electron chi connectivity index (χ4n) is 0.217. The molecule has 0 saturated carbocycles. The molecule has 46 valence electrons. The van der Waals surface area contributed by atoms with Crippen molar-refractivity contribution >= 4 is 12.0 Å². The van der Waals surface area contributed by atoms with E-state index in [0.29, 0.717) is 0 Å². The van der Waals surface area contributed by atoms with Crippen LogP contribution in [-0.2, 0) is 4.79 Å². The zero-order valence-corrected chi connectivity index (χ0v) is 5.49. The molecule has 0 atom stereocenters. The predicted molar refractivity (Wildman–Crippen MR) is 33.2 cm³/mol. The Hall–Kier alpha value is -0.660.